The Morgan fingerprint density at radius 2 is 1.96 bits per heavy atom. The highest BCUT2D eigenvalue weighted by Crippen LogP contribution is 2.22. The average molecular weight is 387 g/mol. The van der Waals surface area contributed by atoms with Gasteiger partial charge in [0.05, 0.1) is 16.6 Å². The van der Waals surface area contributed by atoms with E-state index in [0.717, 1.165) is 11.4 Å². The van der Waals surface area contributed by atoms with Crippen LogP contribution in [-0.4, -0.2) is 28.6 Å². The summed E-state index contributed by atoms with van der Waals surface area (Å²) < 4.78 is 0. The van der Waals surface area contributed by atoms with Crippen LogP contribution in [0, 0.1) is 5.92 Å². The summed E-state index contributed by atoms with van der Waals surface area (Å²) in [6.45, 7) is 3.98. The van der Waals surface area contributed by atoms with Gasteiger partial charge in [-0.25, -0.2) is 0 Å². The lowest BCUT2D eigenvalue weighted by Crippen LogP contribution is -2.32. The first kappa shape index (κ1) is 18.6. The maximum Gasteiger partial charge on any atom is 0.251 e. The van der Waals surface area contributed by atoms with Crippen LogP contribution in [0.2, 0.25) is 10.0 Å². The van der Waals surface area contributed by atoms with E-state index in [9.17, 15) is 9.59 Å². The fourth-order valence-corrected chi connectivity index (χ4v) is 3.07. The normalized spacial score (nSPS) is 10.7. The number of rotatable bonds is 6. The van der Waals surface area contributed by atoms with Gasteiger partial charge in [0.15, 0.2) is 0 Å². The fourth-order valence-electron chi connectivity index (χ4n) is 1.80. The topological polar surface area (TPSA) is 84.0 Å². The van der Waals surface area contributed by atoms with Crippen LogP contribution < -0.4 is 10.6 Å². The Morgan fingerprint density at radius 1 is 1.21 bits per heavy atom. The van der Waals surface area contributed by atoms with Crippen LogP contribution >= 0.6 is 34.5 Å². The number of halogens is 2. The van der Waals surface area contributed by atoms with Crippen LogP contribution in [0.25, 0.3) is 0 Å². The summed E-state index contributed by atoms with van der Waals surface area (Å²) in [5.74, 6) is -0.330. The number of anilines is 1. The molecule has 0 aliphatic carbocycles. The zero-order valence-corrected chi connectivity index (χ0v) is 15.4. The number of aromatic nitrogens is 2. The molecule has 0 unspecified atom stereocenters. The van der Waals surface area contributed by atoms with Crippen LogP contribution in [0.3, 0.4) is 0 Å². The number of benzene rings is 1. The quantitative estimate of drug-likeness (QED) is 0.796. The van der Waals surface area contributed by atoms with E-state index in [1.165, 1.54) is 29.5 Å². The number of nitrogens with one attached hydrogen (secondary N) is 2. The summed E-state index contributed by atoms with van der Waals surface area (Å²) in [4.78, 5) is 23.8. The minimum atomic E-state index is -0.415. The summed E-state index contributed by atoms with van der Waals surface area (Å²) in [6, 6.07) is 4.50. The van der Waals surface area contributed by atoms with Crippen LogP contribution in [0.15, 0.2) is 18.2 Å². The Balaban J connectivity index is 1.85. The minimum Gasteiger partial charge on any atom is -0.343 e. The molecule has 2 rings (SSSR count). The summed E-state index contributed by atoms with van der Waals surface area (Å²) >= 11 is 13.0. The Bertz CT molecular complexity index is 749. The molecular formula is C15H16Cl2N4O2S. The molecule has 0 radical (unpaired) electrons. The lowest BCUT2D eigenvalue weighted by Gasteiger charge is -2.05. The maximum atomic E-state index is 12.0. The number of hydrogen-bond donors (Lipinski definition) is 2. The molecule has 1 aromatic heterocycles. The van der Waals surface area contributed by atoms with Gasteiger partial charge in [0.2, 0.25) is 11.0 Å². The summed E-state index contributed by atoms with van der Waals surface area (Å²) in [5.41, 5.74) is 0.326. The van der Waals surface area contributed by atoms with Crippen molar-refractivity contribution in [2.75, 3.05) is 11.9 Å². The Kier molecular flexibility index (Phi) is 6.53. The number of amides is 2. The largest absolute Gasteiger partial charge is 0.343 e. The maximum absolute atomic E-state index is 12.0. The van der Waals surface area contributed by atoms with Crippen molar-refractivity contribution in [2.24, 2.45) is 5.92 Å². The second-order valence-electron chi connectivity index (χ2n) is 5.46. The molecule has 2 amide bonds. The van der Waals surface area contributed by atoms with Gasteiger partial charge in [-0.15, -0.1) is 10.2 Å². The Hall–Kier alpha value is -1.70. The van der Waals surface area contributed by atoms with Crippen molar-refractivity contribution in [1.82, 2.24) is 15.5 Å². The Morgan fingerprint density at radius 3 is 2.62 bits per heavy atom. The monoisotopic (exact) mass is 386 g/mol. The van der Waals surface area contributed by atoms with Crippen molar-refractivity contribution in [1.29, 1.82) is 0 Å². The zero-order chi connectivity index (χ0) is 17.7. The molecule has 0 fully saturated rings. The van der Waals surface area contributed by atoms with E-state index < -0.39 is 5.91 Å². The molecule has 24 heavy (non-hydrogen) atoms. The molecule has 0 atom stereocenters. The van der Waals surface area contributed by atoms with Gasteiger partial charge >= 0.3 is 0 Å². The molecule has 1 aromatic carbocycles. The predicted octanol–water partition coefficient (Wildman–Crippen LogP) is 3.41. The van der Waals surface area contributed by atoms with Crippen LogP contribution in [0.5, 0.6) is 0 Å². The third kappa shape index (κ3) is 5.43. The standard InChI is InChI=1S/C15H16Cl2N4O2S/c1-8(2)5-13-20-21-15(24-13)19-12(22)7-18-14(23)9-3-4-10(16)11(17)6-9/h3-4,6,8H,5,7H2,1-2H3,(H,18,23)(H,19,21,22). The van der Waals surface area contributed by atoms with Gasteiger partial charge in [0.1, 0.15) is 5.01 Å². The number of hydrogen-bond acceptors (Lipinski definition) is 5. The van der Waals surface area contributed by atoms with E-state index in [1.807, 2.05) is 0 Å². The van der Waals surface area contributed by atoms with E-state index in [-0.39, 0.29) is 17.5 Å². The molecule has 0 saturated heterocycles. The van der Waals surface area contributed by atoms with E-state index in [0.29, 0.717) is 21.6 Å². The molecule has 0 bridgehead atoms. The van der Waals surface area contributed by atoms with E-state index in [1.54, 1.807) is 0 Å². The highest BCUT2D eigenvalue weighted by molar-refractivity contribution is 7.15. The molecule has 1 heterocycles. The van der Waals surface area contributed by atoms with Crippen molar-refractivity contribution in [2.45, 2.75) is 20.3 Å². The Labute approximate surface area is 153 Å². The molecular weight excluding hydrogens is 371 g/mol. The predicted molar refractivity (Wildman–Crippen MR) is 95.9 cm³/mol. The van der Waals surface area contributed by atoms with Gasteiger partial charge < -0.3 is 5.32 Å². The molecule has 2 aromatic rings. The first-order valence-corrected chi connectivity index (χ1v) is 8.78. The zero-order valence-electron chi connectivity index (χ0n) is 13.1. The molecule has 0 spiro atoms. The second kappa shape index (κ2) is 8.41. The van der Waals surface area contributed by atoms with Crippen LogP contribution in [0.4, 0.5) is 5.13 Å². The van der Waals surface area contributed by atoms with E-state index >= 15 is 0 Å². The number of nitrogens with zero attached hydrogens (tertiary/aromatic N) is 2. The smallest absolute Gasteiger partial charge is 0.251 e. The molecule has 9 heteroatoms. The van der Waals surface area contributed by atoms with Gasteiger partial charge in [-0.2, -0.15) is 0 Å². The minimum absolute atomic E-state index is 0.182. The lowest BCUT2D eigenvalue weighted by atomic mass is 10.1. The molecule has 0 saturated carbocycles. The van der Waals surface area contributed by atoms with Gasteiger partial charge in [-0.3, -0.25) is 14.9 Å². The third-order valence-corrected chi connectivity index (χ3v) is 4.49. The summed E-state index contributed by atoms with van der Waals surface area (Å²) in [5, 5.41) is 14.9. The first-order chi connectivity index (χ1) is 11.3. The molecule has 2 N–H and O–H groups in total. The van der Waals surface area contributed by atoms with Crippen molar-refractivity contribution < 1.29 is 9.59 Å². The van der Waals surface area contributed by atoms with Crippen molar-refractivity contribution in [3.8, 4) is 0 Å². The third-order valence-electron chi connectivity index (χ3n) is 2.89. The first-order valence-electron chi connectivity index (χ1n) is 7.20. The van der Waals surface area contributed by atoms with Gasteiger partial charge in [0, 0.05) is 12.0 Å². The molecule has 0 aliphatic rings. The van der Waals surface area contributed by atoms with E-state index in [4.69, 9.17) is 23.2 Å². The summed E-state index contributed by atoms with van der Waals surface area (Å²) in [7, 11) is 0. The molecule has 128 valence electrons. The average Bonchev–Trinajstić information content (AvgIpc) is 2.93. The van der Waals surface area contributed by atoms with Crippen LogP contribution in [-0.2, 0) is 11.2 Å². The van der Waals surface area contributed by atoms with Crippen molar-refractivity contribution in [3.63, 3.8) is 0 Å². The second-order valence-corrected chi connectivity index (χ2v) is 7.34. The van der Waals surface area contributed by atoms with Crippen molar-refractivity contribution in [3.05, 3.63) is 38.8 Å². The van der Waals surface area contributed by atoms with Crippen LogP contribution in [0.1, 0.15) is 29.2 Å². The number of carbonyl (C=O) groups excluding carboxylic acids is 2. The number of carbonyl (C=O) groups is 2. The molecule has 6 nitrogen and oxygen atoms in total. The lowest BCUT2D eigenvalue weighted by molar-refractivity contribution is -0.115. The van der Waals surface area contributed by atoms with Gasteiger partial charge in [0.25, 0.3) is 5.91 Å². The summed E-state index contributed by atoms with van der Waals surface area (Å²) in [6.07, 6.45) is 0.807. The molecule has 0 aliphatic heterocycles. The van der Waals surface area contributed by atoms with Gasteiger partial charge in [-0.05, 0) is 24.1 Å². The highest BCUT2D eigenvalue weighted by Gasteiger charge is 2.12. The van der Waals surface area contributed by atoms with Gasteiger partial charge in [-0.1, -0.05) is 48.4 Å². The SMILES string of the molecule is CC(C)Cc1nnc(NC(=O)CNC(=O)c2ccc(Cl)c(Cl)c2)s1. The van der Waals surface area contributed by atoms with E-state index in [2.05, 4.69) is 34.7 Å². The fraction of sp³-hybridized carbons (Fsp3) is 0.333. The van der Waals surface area contributed by atoms with Crippen molar-refractivity contribution >= 4 is 51.5 Å². The highest BCUT2D eigenvalue weighted by atomic mass is 35.5.